The summed E-state index contributed by atoms with van der Waals surface area (Å²) in [7, 11) is 1.58. The first-order valence-electron chi connectivity index (χ1n) is 6.09. The summed E-state index contributed by atoms with van der Waals surface area (Å²) in [5.41, 5.74) is 0.448. The van der Waals surface area contributed by atoms with E-state index in [4.69, 9.17) is 5.11 Å². The molecule has 19 heavy (non-hydrogen) atoms. The summed E-state index contributed by atoms with van der Waals surface area (Å²) < 4.78 is 1.68. The van der Waals surface area contributed by atoms with Crippen molar-refractivity contribution in [3.05, 3.63) is 21.0 Å². The van der Waals surface area contributed by atoms with Gasteiger partial charge in [0, 0.05) is 20.1 Å². The van der Waals surface area contributed by atoms with E-state index in [-0.39, 0.29) is 11.5 Å². The predicted octanol–water partition coefficient (Wildman–Crippen LogP) is 1.09. The molecule has 1 aromatic rings. The fraction of sp³-hybridized carbons (Fsp3) is 0.583. The normalized spacial score (nSPS) is 23.4. The first kappa shape index (κ1) is 14.0. The number of carbonyl (C=O) groups is 1. The van der Waals surface area contributed by atoms with E-state index in [1.54, 1.807) is 13.2 Å². The van der Waals surface area contributed by atoms with Crippen LogP contribution in [-0.2, 0) is 11.8 Å². The van der Waals surface area contributed by atoms with Crippen molar-refractivity contribution in [3.8, 4) is 0 Å². The van der Waals surface area contributed by atoms with Gasteiger partial charge in [-0.05, 0) is 28.3 Å². The molecule has 0 bridgehead atoms. The van der Waals surface area contributed by atoms with Crippen molar-refractivity contribution in [2.45, 2.75) is 13.3 Å². The van der Waals surface area contributed by atoms with Gasteiger partial charge in [-0.15, -0.1) is 0 Å². The zero-order valence-electron chi connectivity index (χ0n) is 10.8. The van der Waals surface area contributed by atoms with Crippen molar-refractivity contribution in [2.24, 2.45) is 18.9 Å². The van der Waals surface area contributed by atoms with Gasteiger partial charge in [0.25, 0.3) is 5.56 Å². The van der Waals surface area contributed by atoms with E-state index in [1.807, 2.05) is 11.8 Å². The molecule has 7 heteroatoms. The first-order valence-corrected chi connectivity index (χ1v) is 6.89. The van der Waals surface area contributed by atoms with Gasteiger partial charge in [-0.3, -0.25) is 9.59 Å². The molecule has 0 radical (unpaired) electrons. The number of anilines is 1. The Hall–Kier alpha value is -1.37. The van der Waals surface area contributed by atoms with Crippen LogP contribution in [0.5, 0.6) is 0 Å². The number of carboxylic acid groups (broad SMARTS) is 1. The summed E-state index contributed by atoms with van der Waals surface area (Å²) >= 11 is 3.28. The van der Waals surface area contributed by atoms with Gasteiger partial charge in [0.2, 0.25) is 0 Å². The lowest BCUT2D eigenvalue weighted by Crippen LogP contribution is -2.43. The van der Waals surface area contributed by atoms with E-state index in [0.29, 0.717) is 23.1 Å². The highest BCUT2D eigenvalue weighted by Gasteiger charge is 2.30. The minimum Gasteiger partial charge on any atom is -0.481 e. The van der Waals surface area contributed by atoms with Gasteiger partial charge in [0.15, 0.2) is 0 Å². The zero-order chi connectivity index (χ0) is 14.2. The number of carboxylic acids is 1. The maximum Gasteiger partial charge on any atom is 0.308 e. The van der Waals surface area contributed by atoms with Crippen molar-refractivity contribution < 1.29 is 9.90 Å². The molecular weight excluding hydrogens is 314 g/mol. The molecule has 0 aliphatic carbocycles. The number of nitrogens with zero attached hydrogens (tertiary/aromatic N) is 3. The number of aliphatic carboxylic acids is 1. The summed E-state index contributed by atoms with van der Waals surface area (Å²) in [6.45, 7) is 3.16. The second-order valence-corrected chi connectivity index (χ2v) is 5.85. The molecule has 1 aliphatic rings. The van der Waals surface area contributed by atoms with Crippen LogP contribution in [0.2, 0.25) is 0 Å². The Balaban J connectivity index is 2.33. The van der Waals surface area contributed by atoms with Gasteiger partial charge in [0.1, 0.15) is 4.47 Å². The third-order valence-electron chi connectivity index (χ3n) is 3.41. The summed E-state index contributed by atoms with van der Waals surface area (Å²) in [6.07, 6.45) is 2.27. The van der Waals surface area contributed by atoms with E-state index >= 15 is 0 Å². The lowest BCUT2D eigenvalue weighted by atomic mass is 9.90. The van der Waals surface area contributed by atoms with Crippen molar-refractivity contribution in [2.75, 3.05) is 18.0 Å². The van der Waals surface area contributed by atoms with E-state index in [0.717, 1.165) is 6.54 Å². The van der Waals surface area contributed by atoms with Gasteiger partial charge in [-0.2, -0.15) is 5.10 Å². The second kappa shape index (κ2) is 5.32. The van der Waals surface area contributed by atoms with Gasteiger partial charge < -0.3 is 10.0 Å². The minimum absolute atomic E-state index is 0.220. The molecule has 2 rings (SSSR count). The molecule has 2 atom stereocenters. The van der Waals surface area contributed by atoms with Crippen LogP contribution in [0.1, 0.15) is 13.3 Å². The number of piperidine rings is 1. The Morgan fingerprint density at radius 1 is 1.53 bits per heavy atom. The lowest BCUT2D eigenvalue weighted by Gasteiger charge is -2.36. The number of aryl methyl sites for hydroxylation is 1. The molecule has 0 aromatic carbocycles. The highest BCUT2D eigenvalue weighted by Crippen LogP contribution is 2.29. The summed E-state index contributed by atoms with van der Waals surface area (Å²) in [5, 5.41) is 13.2. The van der Waals surface area contributed by atoms with E-state index in [2.05, 4.69) is 21.0 Å². The molecule has 0 spiro atoms. The Morgan fingerprint density at radius 2 is 2.21 bits per heavy atom. The molecule has 0 saturated carbocycles. The van der Waals surface area contributed by atoms with Crippen LogP contribution in [0, 0.1) is 11.8 Å². The van der Waals surface area contributed by atoms with Crippen LogP contribution < -0.4 is 10.5 Å². The molecule has 1 fully saturated rings. The van der Waals surface area contributed by atoms with E-state index in [9.17, 15) is 9.59 Å². The highest BCUT2D eigenvalue weighted by atomic mass is 79.9. The van der Waals surface area contributed by atoms with Crippen LogP contribution >= 0.6 is 15.9 Å². The Labute approximate surface area is 119 Å². The van der Waals surface area contributed by atoms with E-state index < -0.39 is 11.9 Å². The second-order valence-electron chi connectivity index (χ2n) is 5.05. The predicted molar refractivity (Wildman–Crippen MR) is 74.3 cm³/mol. The van der Waals surface area contributed by atoms with Crippen LogP contribution in [0.25, 0.3) is 0 Å². The molecule has 6 nitrogen and oxygen atoms in total. The molecule has 1 aromatic heterocycles. The van der Waals surface area contributed by atoms with Crippen LogP contribution in [-0.4, -0.2) is 33.9 Å². The minimum atomic E-state index is -0.788. The maximum atomic E-state index is 11.8. The van der Waals surface area contributed by atoms with Gasteiger partial charge in [-0.25, -0.2) is 4.68 Å². The molecule has 104 valence electrons. The average molecular weight is 330 g/mol. The SMILES string of the molecule is CC1CC(C(=O)O)CN(c2cnn(C)c(=O)c2Br)C1. The smallest absolute Gasteiger partial charge is 0.308 e. The van der Waals surface area contributed by atoms with Crippen LogP contribution in [0.3, 0.4) is 0 Å². The number of halogens is 1. The van der Waals surface area contributed by atoms with Crippen molar-refractivity contribution in [1.82, 2.24) is 9.78 Å². The average Bonchev–Trinajstić information content (AvgIpc) is 2.35. The third-order valence-corrected chi connectivity index (χ3v) is 4.15. The van der Waals surface area contributed by atoms with Crippen molar-refractivity contribution >= 4 is 27.6 Å². The Bertz CT molecular complexity index is 558. The number of hydrogen-bond donors (Lipinski definition) is 1. The highest BCUT2D eigenvalue weighted by molar-refractivity contribution is 9.10. The third kappa shape index (κ3) is 2.80. The molecule has 2 unspecified atom stereocenters. The fourth-order valence-corrected chi connectivity index (χ4v) is 3.06. The van der Waals surface area contributed by atoms with Crippen molar-refractivity contribution in [1.29, 1.82) is 0 Å². The van der Waals surface area contributed by atoms with Crippen LogP contribution in [0.15, 0.2) is 15.5 Å². The van der Waals surface area contributed by atoms with Gasteiger partial charge in [-0.1, -0.05) is 6.92 Å². The number of rotatable bonds is 2. The largest absolute Gasteiger partial charge is 0.481 e. The topological polar surface area (TPSA) is 75.4 Å². The van der Waals surface area contributed by atoms with E-state index in [1.165, 1.54) is 4.68 Å². The van der Waals surface area contributed by atoms with Crippen LogP contribution in [0.4, 0.5) is 5.69 Å². The molecule has 1 aliphatic heterocycles. The molecular formula is C12H16BrN3O3. The summed E-state index contributed by atoms with van der Waals surface area (Å²) in [6, 6.07) is 0. The van der Waals surface area contributed by atoms with Gasteiger partial charge >= 0.3 is 5.97 Å². The molecule has 1 saturated heterocycles. The molecule has 1 N–H and O–H groups in total. The fourth-order valence-electron chi connectivity index (χ4n) is 2.45. The Kier molecular flexibility index (Phi) is 3.93. The van der Waals surface area contributed by atoms with Gasteiger partial charge in [0.05, 0.1) is 17.8 Å². The number of aromatic nitrogens is 2. The first-order chi connectivity index (χ1) is 8.90. The summed E-state index contributed by atoms with van der Waals surface area (Å²) in [4.78, 5) is 24.9. The zero-order valence-corrected chi connectivity index (χ0v) is 12.4. The molecule has 0 amide bonds. The molecule has 2 heterocycles. The number of hydrogen-bond acceptors (Lipinski definition) is 4. The van der Waals surface area contributed by atoms with Crippen molar-refractivity contribution in [3.63, 3.8) is 0 Å². The maximum absolute atomic E-state index is 11.8. The quantitative estimate of drug-likeness (QED) is 0.879. The monoisotopic (exact) mass is 329 g/mol. The Morgan fingerprint density at radius 3 is 2.84 bits per heavy atom. The standard InChI is InChI=1S/C12H16BrN3O3/c1-7-3-8(12(18)19)6-16(5-7)9-4-14-15(2)11(17)10(9)13/h4,7-8H,3,5-6H2,1-2H3,(H,18,19). The lowest BCUT2D eigenvalue weighted by molar-refractivity contribution is -0.142. The summed E-state index contributed by atoms with van der Waals surface area (Å²) in [5.74, 6) is -0.921.